The van der Waals surface area contributed by atoms with Gasteiger partial charge in [-0.05, 0) is 43.9 Å². The van der Waals surface area contributed by atoms with Gasteiger partial charge in [0.1, 0.15) is 0 Å². The molecular formula is C14H19N3OS. The van der Waals surface area contributed by atoms with Crippen molar-refractivity contribution in [2.45, 2.75) is 37.8 Å². The predicted octanol–water partition coefficient (Wildman–Crippen LogP) is 3.35. The van der Waals surface area contributed by atoms with Crippen LogP contribution < -0.4 is 5.32 Å². The molecule has 0 amide bonds. The van der Waals surface area contributed by atoms with Gasteiger partial charge in [0.15, 0.2) is 0 Å². The first-order valence-corrected chi connectivity index (χ1v) is 7.65. The molecule has 0 spiro atoms. The summed E-state index contributed by atoms with van der Waals surface area (Å²) in [6.07, 6.45) is 3.14. The van der Waals surface area contributed by atoms with Crippen molar-refractivity contribution in [1.82, 2.24) is 15.5 Å². The Hall–Kier alpha value is -1.33. The standard InChI is InChI=1S/C14H19N3OS/c1-4-10(2)15-9-13-16-14(17-18-13)11-5-7-12(19-3)8-6-11/h5-8,10,15H,4,9H2,1-3H3. The molecule has 0 saturated carbocycles. The Bertz CT molecular complexity index is 510. The quantitative estimate of drug-likeness (QED) is 0.821. The molecule has 1 aromatic heterocycles. The third-order valence-electron chi connectivity index (χ3n) is 3.03. The highest BCUT2D eigenvalue weighted by Crippen LogP contribution is 2.20. The molecule has 1 heterocycles. The smallest absolute Gasteiger partial charge is 0.240 e. The molecule has 0 saturated heterocycles. The molecular weight excluding hydrogens is 258 g/mol. The zero-order chi connectivity index (χ0) is 13.7. The SMILES string of the molecule is CCC(C)NCc1nc(-c2ccc(SC)cc2)no1. The lowest BCUT2D eigenvalue weighted by molar-refractivity contribution is 0.358. The van der Waals surface area contributed by atoms with Gasteiger partial charge in [-0.25, -0.2) is 0 Å². The van der Waals surface area contributed by atoms with Crippen molar-refractivity contribution in [3.05, 3.63) is 30.2 Å². The second kappa shape index (κ2) is 6.73. The Labute approximate surface area is 118 Å². The van der Waals surface area contributed by atoms with E-state index in [0.29, 0.717) is 24.3 Å². The van der Waals surface area contributed by atoms with E-state index in [0.717, 1.165) is 12.0 Å². The topological polar surface area (TPSA) is 51.0 Å². The van der Waals surface area contributed by atoms with Gasteiger partial charge in [0, 0.05) is 16.5 Å². The van der Waals surface area contributed by atoms with E-state index in [9.17, 15) is 0 Å². The molecule has 0 bridgehead atoms. The predicted molar refractivity (Wildman–Crippen MR) is 78.1 cm³/mol. The van der Waals surface area contributed by atoms with E-state index in [1.807, 2.05) is 12.1 Å². The molecule has 1 N–H and O–H groups in total. The fourth-order valence-corrected chi connectivity index (χ4v) is 2.00. The van der Waals surface area contributed by atoms with Crippen LogP contribution >= 0.6 is 11.8 Å². The molecule has 2 aromatic rings. The first kappa shape index (κ1) is 14.1. The van der Waals surface area contributed by atoms with E-state index in [-0.39, 0.29) is 0 Å². The summed E-state index contributed by atoms with van der Waals surface area (Å²) in [7, 11) is 0. The Kier molecular flexibility index (Phi) is 4.99. The van der Waals surface area contributed by atoms with Gasteiger partial charge in [0.2, 0.25) is 11.7 Å². The number of nitrogens with one attached hydrogen (secondary N) is 1. The molecule has 0 fully saturated rings. The van der Waals surface area contributed by atoms with Gasteiger partial charge < -0.3 is 9.84 Å². The molecule has 19 heavy (non-hydrogen) atoms. The van der Waals surface area contributed by atoms with Crippen LogP contribution in [0.2, 0.25) is 0 Å². The van der Waals surface area contributed by atoms with Gasteiger partial charge in [0.05, 0.1) is 6.54 Å². The molecule has 1 atom stereocenters. The van der Waals surface area contributed by atoms with Gasteiger partial charge >= 0.3 is 0 Å². The van der Waals surface area contributed by atoms with Crippen LogP contribution in [-0.4, -0.2) is 22.4 Å². The van der Waals surface area contributed by atoms with Gasteiger partial charge in [0.25, 0.3) is 0 Å². The maximum absolute atomic E-state index is 5.24. The first-order valence-electron chi connectivity index (χ1n) is 6.43. The lowest BCUT2D eigenvalue weighted by atomic mass is 10.2. The summed E-state index contributed by atoms with van der Waals surface area (Å²) in [6.45, 7) is 4.90. The first-order chi connectivity index (χ1) is 9.22. The highest BCUT2D eigenvalue weighted by molar-refractivity contribution is 7.98. The molecule has 0 aliphatic rings. The van der Waals surface area contributed by atoms with Crippen molar-refractivity contribution >= 4 is 11.8 Å². The fraction of sp³-hybridized carbons (Fsp3) is 0.429. The van der Waals surface area contributed by atoms with Crippen molar-refractivity contribution in [3.63, 3.8) is 0 Å². The van der Waals surface area contributed by atoms with Crippen molar-refractivity contribution < 1.29 is 4.52 Å². The zero-order valence-corrected chi connectivity index (χ0v) is 12.3. The minimum Gasteiger partial charge on any atom is -0.338 e. The summed E-state index contributed by atoms with van der Waals surface area (Å²) >= 11 is 1.72. The Morgan fingerprint density at radius 2 is 2.05 bits per heavy atom. The summed E-state index contributed by atoms with van der Waals surface area (Å²) in [4.78, 5) is 5.62. The van der Waals surface area contributed by atoms with Crippen LogP contribution in [0.4, 0.5) is 0 Å². The van der Waals surface area contributed by atoms with Gasteiger partial charge in [-0.1, -0.05) is 12.1 Å². The van der Waals surface area contributed by atoms with E-state index in [1.165, 1.54) is 4.90 Å². The fourth-order valence-electron chi connectivity index (χ4n) is 1.59. The van der Waals surface area contributed by atoms with E-state index < -0.39 is 0 Å². The van der Waals surface area contributed by atoms with E-state index >= 15 is 0 Å². The summed E-state index contributed by atoms with van der Waals surface area (Å²) in [6, 6.07) is 8.61. The summed E-state index contributed by atoms with van der Waals surface area (Å²) in [5.41, 5.74) is 0.983. The number of thioether (sulfide) groups is 1. The second-order valence-electron chi connectivity index (χ2n) is 4.43. The Morgan fingerprint density at radius 1 is 1.32 bits per heavy atom. The molecule has 2 rings (SSSR count). The second-order valence-corrected chi connectivity index (χ2v) is 5.31. The molecule has 5 heteroatoms. The van der Waals surface area contributed by atoms with Crippen molar-refractivity contribution in [2.75, 3.05) is 6.26 Å². The lowest BCUT2D eigenvalue weighted by Gasteiger charge is -2.07. The maximum Gasteiger partial charge on any atom is 0.240 e. The van der Waals surface area contributed by atoms with Crippen LogP contribution in [0.5, 0.6) is 0 Å². The van der Waals surface area contributed by atoms with Crippen LogP contribution in [-0.2, 0) is 6.54 Å². The number of nitrogens with zero attached hydrogens (tertiary/aromatic N) is 2. The van der Waals surface area contributed by atoms with E-state index in [4.69, 9.17) is 4.52 Å². The average molecular weight is 277 g/mol. The number of benzene rings is 1. The van der Waals surface area contributed by atoms with Gasteiger partial charge in [-0.3, -0.25) is 0 Å². The van der Waals surface area contributed by atoms with Gasteiger partial charge in [-0.2, -0.15) is 4.98 Å². The van der Waals surface area contributed by atoms with Crippen molar-refractivity contribution in [2.24, 2.45) is 0 Å². The molecule has 0 aliphatic carbocycles. The Morgan fingerprint density at radius 3 is 2.68 bits per heavy atom. The Balaban J connectivity index is 2.03. The van der Waals surface area contributed by atoms with Crippen LogP contribution in [0, 0.1) is 0 Å². The molecule has 0 radical (unpaired) electrons. The molecule has 4 nitrogen and oxygen atoms in total. The molecule has 1 unspecified atom stereocenters. The number of rotatable bonds is 6. The van der Waals surface area contributed by atoms with Crippen LogP contribution in [0.1, 0.15) is 26.2 Å². The van der Waals surface area contributed by atoms with Crippen molar-refractivity contribution in [3.8, 4) is 11.4 Å². The average Bonchev–Trinajstić information content (AvgIpc) is 2.93. The minimum atomic E-state index is 0.455. The van der Waals surface area contributed by atoms with E-state index in [2.05, 4.69) is 47.7 Å². The monoisotopic (exact) mass is 277 g/mol. The van der Waals surface area contributed by atoms with Crippen LogP contribution in [0.3, 0.4) is 0 Å². The molecule has 102 valence electrons. The number of hydrogen-bond acceptors (Lipinski definition) is 5. The summed E-state index contributed by atoms with van der Waals surface area (Å²) in [5, 5.41) is 7.34. The highest BCUT2D eigenvalue weighted by atomic mass is 32.2. The maximum atomic E-state index is 5.24. The lowest BCUT2D eigenvalue weighted by Crippen LogP contribution is -2.24. The minimum absolute atomic E-state index is 0.455. The normalized spacial score (nSPS) is 12.6. The molecule has 0 aliphatic heterocycles. The van der Waals surface area contributed by atoms with Crippen molar-refractivity contribution in [1.29, 1.82) is 0 Å². The highest BCUT2D eigenvalue weighted by Gasteiger charge is 2.09. The number of hydrogen-bond donors (Lipinski definition) is 1. The third-order valence-corrected chi connectivity index (χ3v) is 3.77. The summed E-state index contributed by atoms with van der Waals surface area (Å²) in [5.74, 6) is 1.28. The van der Waals surface area contributed by atoms with E-state index in [1.54, 1.807) is 11.8 Å². The summed E-state index contributed by atoms with van der Waals surface area (Å²) < 4.78 is 5.24. The largest absolute Gasteiger partial charge is 0.338 e. The van der Waals surface area contributed by atoms with Crippen LogP contribution in [0.25, 0.3) is 11.4 Å². The van der Waals surface area contributed by atoms with Gasteiger partial charge in [-0.15, -0.1) is 11.8 Å². The zero-order valence-electron chi connectivity index (χ0n) is 11.5. The third kappa shape index (κ3) is 3.81. The number of aromatic nitrogens is 2. The van der Waals surface area contributed by atoms with Crippen LogP contribution in [0.15, 0.2) is 33.7 Å². The molecule has 1 aromatic carbocycles.